The molecule has 3 aromatic rings. The Balaban J connectivity index is 1.30. The van der Waals surface area contributed by atoms with Crippen molar-refractivity contribution in [2.45, 2.75) is 38.5 Å². The summed E-state index contributed by atoms with van der Waals surface area (Å²) >= 11 is 0. The first-order valence-electron chi connectivity index (χ1n) is 11.0. The Kier molecular flexibility index (Phi) is 5.14. The number of ketones is 1. The Labute approximate surface area is 180 Å². The molecular formula is C25H25N3O3. The van der Waals surface area contributed by atoms with Crippen LogP contribution in [0.15, 0.2) is 47.3 Å². The van der Waals surface area contributed by atoms with Gasteiger partial charge in [0.2, 0.25) is 5.91 Å². The summed E-state index contributed by atoms with van der Waals surface area (Å²) in [5.41, 5.74) is 3.89. The standard InChI is InChI=1S/C25H25N3O3/c29-22-12-9-19(26-27-22)10-13-23(30)28-14-2-4-18(15-28)25(31)21-11-8-17-7-6-16-3-1-5-20(21)24(16)17/h1,3,5,8-9,11-12,18H,2,4,6-7,10,13-15H2,(H,27,29). The van der Waals surface area contributed by atoms with Crippen LogP contribution in [-0.4, -0.2) is 39.9 Å². The minimum atomic E-state index is -0.254. The molecule has 2 aliphatic rings. The number of nitrogens with one attached hydrogen (secondary N) is 1. The molecule has 6 nitrogen and oxygen atoms in total. The lowest BCUT2D eigenvalue weighted by molar-refractivity contribution is -0.132. The van der Waals surface area contributed by atoms with Gasteiger partial charge in [-0.05, 0) is 53.6 Å². The number of carbonyl (C=O) groups excluding carboxylic acids is 2. The van der Waals surface area contributed by atoms with Crippen molar-refractivity contribution in [3.05, 3.63) is 75.2 Å². The van der Waals surface area contributed by atoms with Gasteiger partial charge in [0.25, 0.3) is 5.56 Å². The highest BCUT2D eigenvalue weighted by atomic mass is 16.2. The molecule has 1 aromatic heterocycles. The number of nitrogens with zero attached hydrogens (tertiary/aromatic N) is 2. The summed E-state index contributed by atoms with van der Waals surface area (Å²) in [4.78, 5) is 39.2. The summed E-state index contributed by atoms with van der Waals surface area (Å²) in [6.07, 6.45) is 4.52. The second-order valence-electron chi connectivity index (χ2n) is 8.57. The number of aromatic nitrogens is 2. The molecule has 1 aliphatic carbocycles. The van der Waals surface area contributed by atoms with Gasteiger partial charge in [0.05, 0.1) is 5.69 Å². The van der Waals surface area contributed by atoms with Crippen LogP contribution in [0, 0.1) is 5.92 Å². The fraction of sp³-hybridized carbons (Fsp3) is 0.360. The summed E-state index contributed by atoms with van der Waals surface area (Å²) in [5.74, 6) is 0.0173. The monoisotopic (exact) mass is 415 g/mol. The van der Waals surface area contributed by atoms with E-state index in [-0.39, 0.29) is 23.2 Å². The Morgan fingerprint density at radius 3 is 2.71 bits per heavy atom. The lowest BCUT2D eigenvalue weighted by atomic mass is 9.87. The molecule has 0 saturated carbocycles. The van der Waals surface area contributed by atoms with Gasteiger partial charge in [-0.3, -0.25) is 14.4 Å². The zero-order valence-electron chi connectivity index (χ0n) is 17.4. The SMILES string of the molecule is O=C(c1ccc2c3c(cccc13)CC2)C1CCCN(C(=O)CCc2ccc(=O)[nH]n2)C1. The van der Waals surface area contributed by atoms with Gasteiger partial charge in [0.15, 0.2) is 5.78 Å². The van der Waals surface area contributed by atoms with E-state index in [1.165, 1.54) is 22.6 Å². The molecule has 1 saturated heterocycles. The van der Waals surface area contributed by atoms with E-state index < -0.39 is 0 Å². The van der Waals surface area contributed by atoms with Crippen LogP contribution in [0.1, 0.15) is 46.4 Å². The van der Waals surface area contributed by atoms with Crippen molar-refractivity contribution in [3.63, 3.8) is 0 Å². The third kappa shape index (κ3) is 3.78. The van der Waals surface area contributed by atoms with Crippen LogP contribution in [0.2, 0.25) is 0 Å². The first-order chi connectivity index (χ1) is 15.1. The number of aryl methyl sites for hydroxylation is 3. The van der Waals surface area contributed by atoms with Gasteiger partial charge in [-0.25, -0.2) is 5.10 Å². The molecule has 2 heterocycles. The predicted molar refractivity (Wildman–Crippen MR) is 118 cm³/mol. The molecule has 1 atom stereocenters. The highest BCUT2D eigenvalue weighted by molar-refractivity contribution is 6.11. The Morgan fingerprint density at radius 2 is 1.90 bits per heavy atom. The van der Waals surface area contributed by atoms with Gasteiger partial charge in [-0.1, -0.05) is 30.3 Å². The Hall–Kier alpha value is -3.28. The van der Waals surface area contributed by atoms with Crippen molar-refractivity contribution in [2.24, 2.45) is 5.92 Å². The molecule has 2 aromatic carbocycles. The molecule has 1 aliphatic heterocycles. The predicted octanol–water partition coefficient (Wildman–Crippen LogP) is 3.08. The summed E-state index contributed by atoms with van der Waals surface area (Å²) in [5, 5.41) is 8.67. The number of aromatic amines is 1. The van der Waals surface area contributed by atoms with Gasteiger partial charge in [0.1, 0.15) is 0 Å². The van der Waals surface area contributed by atoms with Gasteiger partial charge in [-0.15, -0.1) is 0 Å². The quantitative estimate of drug-likeness (QED) is 0.649. The highest BCUT2D eigenvalue weighted by Crippen LogP contribution is 2.34. The lowest BCUT2D eigenvalue weighted by Gasteiger charge is -2.32. The zero-order valence-corrected chi connectivity index (χ0v) is 17.4. The van der Waals surface area contributed by atoms with Crippen LogP contribution < -0.4 is 5.56 Å². The number of hydrogen-bond donors (Lipinski definition) is 1. The number of amides is 1. The number of rotatable bonds is 5. The Bertz CT molecular complexity index is 1200. The molecule has 1 unspecified atom stereocenters. The molecule has 6 heteroatoms. The average Bonchev–Trinajstić information content (AvgIpc) is 3.23. The van der Waals surface area contributed by atoms with Crippen LogP contribution in [0.25, 0.3) is 10.8 Å². The number of piperidine rings is 1. The molecule has 1 N–H and O–H groups in total. The van der Waals surface area contributed by atoms with E-state index in [9.17, 15) is 14.4 Å². The van der Waals surface area contributed by atoms with E-state index in [1.807, 2.05) is 17.0 Å². The number of Topliss-reactive ketones (excluding diaryl/α,β-unsaturated/α-hetero) is 1. The fourth-order valence-electron chi connectivity index (χ4n) is 5.00. The molecule has 1 fully saturated rings. The van der Waals surface area contributed by atoms with E-state index in [0.717, 1.165) is 36.6 Å². The molecule has 0 spiro atoms. The largest absolute Gasteiger partial charge is 0.342 e. The molecule has 0 radical (unpaired) electrons. The summed E-state index contributed by atoms with van der Waals surface area (Å²) in [6.45, 7) is 1.16. The van der Waals surface area contributed by atoms with Crippen LogP contribution in [-0.2, 0) is 24.1 Å². The molecular weight excluding hydrogens is 390 g/mol. The third-order valence-electron chi connectivity index (χ3n) is 6.62. The van der Waals surface area contributed by atoms with Crippen molar-refractivity contribution in [2.75, 3.05) is 13.1 Å². The second kappa shape index (κ2) is 8.10. The minimum Gasteiger partial charge on any atom is -0.342 e. The molecule has 1 amide bonds. The normalized spacial score (nSPS) is 17.8. The first-order valence-corrected chi connectivity index (χ1v) is 11.0. The maximum absolute atomic E-state index is 13.5. The summed E-state index contributed by atoms with van der Waals surface area (Å²) < 4.78 is 0. The average molecular weight is 415 g/mol. The van der Waals surface area contributed by atoms with Gasteiger partial charge < -0.3 is 4.90 Å². The number of likely N-dealkylation sites (tertiary alicyclic amines) is 1. The molecule has 31 heavy (non-hydrogen) atoms. The number of benzene rings is 2. The first kappa shape index (κ1) is 19.7. The molecule has 5 rings (SSSR count). The maximum atomic E-state index is 13.5. The summed E-state index contributed by atoms with van der Waals surface area (Å²) in [6, 6.07) is 13.4. The van der Waals surface area contributed by atoms with Crippen molar-refractivity contribution in [3.8, 4) is 0 Å². The molecule has 0 bridgehead atoms. The van der Waals surface area contributed by atoms with Gasteiger partial charge >= 0.3 is 0 Å². The van der Waals surface area contributed by atoms with Crippen LogP contribution in [0.4, 0.5) is 0 Å². The number of H-pyrrole nitrogens is 1. The van der Waals surface area contributed by atoms with Crippen LogP contribution in [0.5, 0.6) is 0 Å². The number of carbonyl (C=O) groups is 2. The third-order valence-corrected chi connectivity index (χ3v) is 6.62. The smallest absolute Gasteiger partial charge is 0.264 e. The van der Waals surface area contributed by atoms with E-state index in [1.54, 1.807) is 6.07 Å². The maximum Gasteiger partial charge on any atom is 0.264 e. The molecule has 158 valence electrons. The van der Waals surface area contributed by atoms with E-state index in [0.29, 0.717) is 31.6 Å². The van der Waals surface area contributed by atoms with Gasteiger partial charge in [0, 0.05) is 43.5 Å². The van der Waals surface area contributed by atoms with Crippen molar-refractivity contribution < 1.29 is 9.59 Å². The highest BCUT2D eigenvalue weighted by Gasteiger charge is 2.30. The Morgan fingerprint density at radius 1 is 1.06 bits per heavy atom. The second-order valence-corrected chi connectivity index (χ2v) is 8.57. The van der Waals surface area contributed by atoms with Crippen molar-refractivity contribution >= 4 is 22.5 Å². The van der Waals surface area contributed by atoms with E-state index in [2.05, 4.69) is 28.4 Å². The van der Waals surface area contributed by atoms with E-state index in [4.69, 9.17) is 0 Å². The van der Waals surface area contributed by atoms with Gasteiger partial charge in [-0.2, -0.15) is 5.10 Å². The lowest BCUT2D eigenvalue weighted by Crippen LogP contribution is -2.42. The van der Waals surface area contributed by atoms with Crippen molar-refractivity contribution in [1.29, 1.82) is 0 Å². The van der Waals surface area contributed by atoms with E-state index >= 15 is 0 Å². The number of hydrogen-bond acceptors (Lipinski definition) is 4. The fourth-order valence-corrected chi connectivity index (χ4v) is 5.00. The summed E-state index contributed by atoms with van der Waals surface area (Å²) in [7, 11) is 0. The zero-order chi connectivity index (χ0) is 21.4. The topological polar surface area (TPSA) is 83.1 Å². The van der Waals surface area contributed by atoms with Crippen LogP contribution >= 0.6 is 0 Å². The van der Waals surface area contributed by atoms with Crippen molar-refractivity contribution in [1.82, 2.24) is 15.1 Å². The van der Waals surface area contributed by atoms with Crippen LogP contribution in [0.3, 0.4) is 0 Å². The minimum absolute atomic E-state index is 0.0332.